The molecule has 6 heteroatoms. The van der Waals surface area contributed by atoms with Gasteiger partial charge in [0, 0.05) is 12.2 Å². The molecule has 2 aromatic rings. The van der Waals surface area contributed by atoms with E-state index in [1.165, 1.54) is 0 Å². The van der Waals surface area contributed by atoms with Gasteiger partial charge in [-0.05, 0) is 25.8 Å². The van der Waals surface area contributed by atoms with Crippen molar-refractivity contribution in [1.82, 2.24) is 19.9 Å². The van der Waals surface area contributed by atoms with Crippen molar-refractivity contribution in [3.63, 3.8) is 0 Å². The van der Waals surface area contributed by atoms with Crippen molar-refractivity contribution < 1.29 is 4.79 Å². The average Bonchev–Trinajstić information content (AvgIpc) is 3.15. The number of aromatic nitrogens is 3. The summed E-state index contributed by atoms with van der Waals surface area (Å²) in [5.74, 6) is 0.989. The zero-order chi connectivity index (χ0) is 13.4. The number of halogens is 1. The highest BCUT2D eigenvalue weighted by atomic mass is 35.5. The van der Waals surface area contributed by atoms with Crippen molar-refractivity contribution in [1.29, 1.82) is 0 Å². The summed E-state index contributed by atoms with van der Waals surface area (Å²) in [6.07, 6.45) is 5.54. The molecule has 0 saturated heterocycles. The van der Waals surface area contributed by atoms with Crippen molar-refractivity contribution >= 4 is 28.5 Å². The van der Waals surface area contributed by atoms with E-state index in [0.717, 1.165) is 23.9 Å². The molecule has 1 aliphatic carbocycles. The van der Waals surface area contributed by atoms with Crippen LogP contribution in [0.4, 0.5) is 0 Å². The van der Waals surface area contributed by atoms with Crippen molar-refractivity contribution in [2.75, 3.05) is 0 Å². The van der Waals surface area contributed by atoms with Crippen molar-refractivity contribution in [2.45, 2.75) is 37.7 Å². The molecular weight excluding hydrogens is 264 g/mol. The van der Waals surface area contributed by atoms with E-state index in [9.17, 15) is 4.79 Å². The zero-order valence-corrected chi connectivity index (χ0v) is 11.4. The maximum atomic E-state index is 12.2. The molecule has 0 spiro atoms. The Morgan fingerprint density at radius 3 is 3.11 bits per heavy atom. The summed E-state index contributed by atoms with van der Waals surface area (Å²) in [7, 11) is 0. The van der Waals surface area contributed by atoms with Crippen LogP contribution in [0.2, 0.25) is 0 Å². The van der Waals surface area contributed by atoms with Crippen LogP contribution in [-0.2, 0) is 10.7 Å². The van der Waals surface area contributed by atoms with E-state index < -0.39 is 0 Å². The van der Waals surface area contributed by atoms with Crippen LogP contribution < -0.4 is 5.32 Å². The normalized spacial score (nSPS) is 16.5. The number of pyridine rings is 1. The monoisotopic (exact) mass is 278 g/mol. The lowest BCUT2D eigenvalue weighted by Crippen LogP contribution is -2.33. The highest BCUT2D eigenvalue weighted by molar-refractivity contribution is 6.16. The lowest BCUT2D eigenvalue weighted by atomic mass is 10.2. The topological polar surface area (TPSA) is 59.8 Å². The van der Waals surface area contributed by atoms with E-state index in [0.29, 0.717) is 11.9 Å². The number of rotatable bonds is 4. The maximum absolute atomic E-state index is 12.2. The third-order valence-electron chi connectivity index (χ3n) is 3.37. The fraction of sp³-hybridized carbons (Fsp3) is 0.462. The molecule has 100 valence electrons. The van der Waals surface area contributed by atoms with Gasteiger partial charge in [-0.3, -0.25) is 9.78 Å². The SMILES string of the molecule is CC(C(=O)NC1CC1)n1c(CCl)nc2cnccc21. The predicted molar refractivity (Wildman–Crippen MR) is 73.0 cm³/mol. The fourth-order valence-corrected chi connectivity index (χ4v) is 2.38. The number of nitrogens with one attached hydrogen (secondary N) is 1. The van der Waals surface area contributed by atoms with Crippen molar-refractivity contribution in [2.24, 2.45) is 0 Å². The minimum Gasteiger partial charge on any atom is -0.352 e. The Morgan fingerprint density at radius 2 is 2.42 bits per heavy atom. The third-order valence-corrected chi connectivity index (χ3v) is 3.61. The summed E-state index contributed by atoms with van der Waals surface area (Å²) in [5.41, 5.74) is 1.66. The molecule has 1 atom stereocenters. The van der Waals surface area contributed by atoms with Gasteiger partial charge < -0.3 is 9.88 Å². The van der Waals surface area contributed by atoms with E-state index in [1.54, 1.807) is 12.4 Å². The van der Waals surface area contributed by atoms with Crippen LogP contribution in [0.25, 0.3) is 11.0 Å². The molecule has 1 amide bonds. The molecule has 0 aromatic carbocycles. The number of amides is 1. The lowest BCUT2D eigenvalue weighted by Gasteiger charge is -2.16. The second-order valence-electron chi connectivity index (χ2n) is 4.85. The van der Waals surface area contributed by atoms with E-state index in [4.69, 9.17) is 11.6 Å². The summed E-state index contributed by atoms with van der Waals surface area (Å²) in [6.45, 7) is 1.87. The Balaban J connectivity index is 1.99. The van der Waals surface area contributed by atoms with Gasteiger partial charge in [-0.1, -0.05) is 0 Å². The molecule has 2 aromatic heterocycles. The van der Waals surface area contributed by atoms with Gasteiger partial charge in [0.1, 0.15) is 17.4 Å². The van der Waals surface area contributed by atoms with Crippen LogP contribution >= 0.6 is 11.6 Å². The van der Waals surface area contributed by atoms with Crippen LogP contribution in [0.15, 0.2) is 18.5 Å². The number of hydrogen-bond donors (Lipinski definition) is 1. The fourth-order valence-electron chi connectivity index (χ4n) is 2.19. The average molecular weight is 279 g/mol. The number of carbonyl (C=O) groups excluding carboxylic acids is 1. The standard InChI is InChI=1S/C13H15ClN4O/c1-8(13(19)16-9-2-3-9)18-11-4-5-15-7-10(11)17-12(18)6-14/h4-5,7-9H,2-3,6H2,1H3,(H,16,19). The summed E-state index contributed by atoms with van der Waals surface area (Å²) in [4.78, 5) is 20.6. The number of alkyl halides is 1. The molecule has 3 rings (SSSR count). The van der Waals surface area contributed by atoms with Crippen LogP contribution in [0, 0.1) is 0 Å². The Hall–Kier alpha value is -1.62. The molecule has 0 radical (unpaired) electrons. The molecule has 2 heterocycles. The predicted octanol–water partition coefficient (Wildman–Crippen LogP) is 2.01. The van der Waals surface area contributed by atoms with Crippen LogP contribution in [-0.4, -0.2) is 26.5 Å². The van der Waals surface area contributed by atoms with Gasteiger partial charge in [-0.15, -0.1) is 11.6 Å². The Bertz CT molecular complexity index is 620. The second-order valence-corrected chi connectivity index (χ2v) is 5.12. The summed E-state index contributed by atoms with van der Waals surface area (Å²) in [5, 5.41) is 3.01. The van der Waals surface area contributed by atoms with Gasteiger partial charge in [0.25, 0.3) is 0 Å². The third kappa shape index (κ3) is 2.30. The maximum Gasteiger partial charge on any atom is 0.243 e. The zero-order valence-electron chi connectivity index (χ0n) is 10.6. The first-order chi connectivity index (χ1) is 9.20. The molecular formula is C13H15ClN4O. The lowest BCUT2D eigenvalue weighted by molar-refractivity contribution is -0.123. The number of carbonyl (C=O) groups is 1. The van der Waals surface area contributed by atoms with E-state index in [-0.39, 0.29) is 17.8 Å². The first-order valence-electron chi connectivity index (χ1n) is 6.38. The molecule has 19 heavy (non-hydrogen) atoms. The Kier molecular flexibility index (Phi) is 3.14. The van der Waals surface area contributed by atoms with Gasteiger partial charge in [-0.25, -0.2) is 4.98 Å². The molecule has 1 N–H and O–H groups in total. The summed E-state index contributed by atoms with van der Waals surface area (Å²) >= 11 is 5.93. The first kappa shape index (κ1) is 12.4. The molecule has 0 aliphatic heterocycles. The Morgan fingerprint density at radius 1 is 1.63 bits per heavy atom. The van der Waals surface area contributed by atoms with Gasteiger partial charge in [0.15, 0.2) is 0 Å². The van der Waals surface area contributed by atoms with Crippen LogP contribution in [0.1, 0.15) is 31.6 Å². The molecule has 1 unspecified atom stereocenters. The molecule has 5 nitrogen and oxygen atoms in total. The smallest absolute Gasteiger partial charge is 0.243 e. The number of hydrogen-bond acceptors (Lipinski definition) is 3. The quantitative estimate of drug-likeness (QED) is 0.871. The molecule has 1 aliphatic rings. The van der Waals surface area contributed by atoms with Gasteiger partial charge in [-0.2, -0.15) is 0 Å². The van der Waals surface area contributed by atoms with Gasteiger partial charge >= 0.3 is 0 Å². The van der Waals surface area contributed by atoms with Crippen molar-refractivity contribution in [3.8, 4) is 0 Å². The van der Waals surface area contributed by atoms with Crippen molar-refractivity contribution in [3.05, 3.63) is 24.3 Å². The number of fused-ring (bicyclic) bond motifs is 1. The van der Waals surface area contributed by atoms with E-state index in [2.05, 4.69) is 15.3 Å². The minimum absolute atomic E-state index is 0.0185. The second kappa shape index (κ2) is 4.81. The number of nitrogens with zero attached hydrogens (tertiary/aromatic N) is 3. The van der Waals surface area contributed by atoms with Crippen LogP contribution in [0.3, 0.4) is 0 Å². The highest BCUT2D eigenvalue weighted by Gasteiger charge is 2.27. The largest absolute Gasteiger partial charge is 0.352 e. The van der Waals surface area contributed by atoms with Crippen LogP contribution in [0.5, 0.6) is 0 Å². The first-order valence-corrected chi connectivity index (χ1v) is 6.91. The van der Waals surface area contributed by atoms with E-state index in [1.807, 2.05) is 17.6 Å². The highest BCUT2D eigenvalue weighted by Crippen LogP contribution is 2.24. The van der Waals surface area contributed by atoms with Gasteiger partial charge in [0.2, 0.25) is 5.91 Å². The summed E-state index contributed by atoms with van der Waals surface area (Å²) in [6, 6.07) is 1.90. The molecule has 1 fully saturated rings. The number of imidazole rings is 1. The summed E-state index contributed by atoms with van der Waals surface area (Å²) < 4.78 is 1.89. The molecule has 1 saturated carbocycles. The van der Waals surface area contributed by atoms with E-state index >= 15 is 0 Å². The molecule has 0 bridgehead atoms. The minimum atomic E-state index is -0.318. The van der Waals surface area contributed by atoms with Gasteiger partial charge in [0.05, 0.1) is 17.6 Å². The Labute approximate surface area is 116 Å².